The Bertz CT molecular complexity index is 682. The highest BCUT2D eigenvalue weighted by atomic mass is 35.5. The van der Waals surface area contributed by atoms with E-state index in [0.29, 0.717) is 24.8 Å². The van der Waals surface area contributed by atoms with E-state index in [1.807, 2.05) is 24.3 Å². The number of nitrogens with one attached hydrogen (secondary N) is 1. The van der Waals surface area contributed by atoms with Crippen molar-refractivity contribution in [1.82, 2.24) is 5.32 Å². The maximum Gasteiger partial charge on any atom is 0.328 e. The predicted molar refractivity (Wildman–Crippen MR) is 117 cm³/mol. The molecule has 30 heavy (non-hydrogen) atoms. The first-order valence-electron chi connectivity index (χ1n) is 9.72. The molecule has 0 aliphatic carbocycles. The number of carbonyl (C=O) groups is 3. The number of anilines is 1. The zero-order chi connectivity index (χ0) is 22.5. The summed E-state index contributed by atoms with van der Waals surface area (Å²) in [4.78, 5) is 37.3. The first kappa shape index (κ1) is 26.0. The fourth-order valence-corrected chi connectivity index (χ4v) is 3.19. The molecule has 0 radical (unpaired) electrons. The second kappa shape index (κ2) is 14.1. The number of alkyl halides is 2. The van der Waals surface area contributed by atoms with E-state index in [-0.39, 0.29) is 25.9 Å². The fourth-order valence-electron chi connectivity index (χ4n) is 2.78. The SMILES string of the molecule is CCOC(=O)[C@H](Cc1ccc(N(CCCl)CCCl)cc1)NC(=O)[C@H](N)CCC(=O)O. The average Bonchev–Trinajstić information content (AvgIpc) is 2.72. The van der Waals surface area contributed by atoms with Gasteiger partial charge in [-0.2, -0.15) is 0 Å². The molecule has 0 unspecified atom stereocenters. The first-order chi connectivity index (χ1) is 14.3. The Balaban J connectivity index is 2.85. The number of esters is 1. The lowest BCUT2D eigenvalue weighted by Gasteiger charge is -2.23. The molecule has 0 aliphatic rings. The van der Waals surface area contributed by atoms with Gasteiger partial charge in [0.1, 0.15) is 6.04 Å². The van der Waals surface area contributed by atoms with Crippen LogP contribution in [0.4, 0.5) is 5.69 Å². The van der Waals surface area contributed by atoms with Crippen LogP contribution >= 0.6 is 23.2 Å². The van der Waals surface area contributed by atoms with Crippen molar-refractivity contribution in [3.8, 4) is 0 Å². The number of hydrogen-bond donors (Lipinski definition) is 3. The van der Waals surface area contributed by atoms with Crippen LogP contribution in [0.3, 0.4) is 0 Å². The van der Waals surface area contributed by atoms with E-state index in [1.54, 1.807) is 6.92 Å². The van der Waals surface area contributed by atoms with E-state index in [0.717, 1.165) is 11.3 Å². The summed E-state index contributed by atoms with van der Waals surface area (Å²) in [7, 11) is 0. The Morgan fingerprint density at radius 1 is 1.17 bits per heavy atom. The van der Waals surface area contributed by atoms with Gasteiger partial charge in [-0.1, -0.05) is 12.1 Å². The van der Waals surface area contributed by atoms with Crippen LogP contribution < -0.4 is 16.0 Å². The molecular formula is C20H29Cl2N3O5. The first-order valence-corrected chi connectivity index (χ1v) is 10.8. The third-order valence-electron chi connectivity index (χ3n) is 4.34. The molecule has 1 aromatic carbocycles. The van der Waals surface area contributed by atoms with Gasteiger partial charge in [0, 0.05) is 43.4 Å². The van der Waals surface area contributed by atoms with Gasteiger partial charge in [-0.25, -0.2) is 4.79 Å². The molecule has 168 valence electrons. The van der Waals surface area contributed by atoms with Crippen molar-refractivity contribution >= 4 is 46.7 Å². The minimum Gasteiger partial charge on any atom is -0.481 e. The summed E-state index contributed by atoms with van der Waals surface area (Å²) < 4.78 is 5.05. The lowest BCUT2D eigenvalue weighted by atomic mass is 10.0. The lowest BCUT2D eigenvalue weighted by Crippen LogP contribution is -2.50. The predicted octanol–water partition coefficient (Wildman–Crippen LogP) is 1.75. The van der Waals surface area contributed by atoms with Gasteiger partial charge < -0.3 is 25.8 Å². The van der Waals surface area contributed by atoms with Crippen LogP contribution in [0.5, 0.6) is 0 Å². The van der Waals surface area contributed by atoms with Crippen LogP contribution in [0.25, 0.3) is 0 Å². The van der Waals surface area contributed by atoms with Crippen molar-refractivity contribution in [2.45, 2.75) is 38.3 Å². The van der Waals surface area contributed by atoms with E-state index < -0.39 is 29.9 Å². The standard InChI is InChI=1S/C20H29Cl2N3O5/c1-2-30-20(29)17(24-19(28)16(23)7-8-18(26)27)13-14-3-5-15(6-4-14)25(11-9-21)12-10-22/h3-6,16-17H,2,7-13,23H2,1H3,(H,24,28)(H,26,27)/t16-,17+/m1/s1. The molecule has 0 fully saturated rings. The van der Waals surface area contributed by atoms with E-state index in [9.17, 15) is 14.4 Å². The molecule has 0 heterocycles. The summed E-state index contributed by atoms with van der Waals surface area (Å²) in [6.07, 6.45) is -0.0505. The van der Waals surface area contributed by atoms with Gasteiger partial charge in [0.05, 0.1) is 12.6 Å². The summed E-state index contributed by atoms with van der Waals surface area (Å²) in [5, 5.41) is 11.3. The Morgan fingerprint density at radius 2 is 1.77 bits per heavy atom. The number of halogens is 2. The summed E-state index contributed by atoms with van der Waals surface area (Å²) in [6.45, 7) is 3.15. The molecule has 0 aliphatic heterocycles. The highest BCUT2D eigenvalue weighted by Crippen LogP contribution is 2.17. The number of carboxylic acids is 1. The maximum atomic E-state index is 12.3. The summed E-state index contributed by atoms with van der Waals surface area (Å²) in [6, 6.07) is 5.55. The summed E-state index contributed by atoms with van der Waals surface area (Å²) in [5.41, 5.74) is 7.50. The summed E-state index contributed by atoms with van der Waals surface area (Å²) >= 11 is 11.7. The average molecular weight is 462 g/mol. The minimum absolute atomic E-state index is 0.0254. The highest BCUT2D eigenvalue weighted by molar-refractivity contribution is 6.18. The van der Waals surface area contributed by atoms with Crippen molar-refractivity contribution in [3.63, 3.8) is 0 Å². The number of aliphatic carboxylic acids is 1. The number of rotatable bonds is 14. The quantitative estimate of drug-likeness (QED) is 0.285. The van der Waals surface area contributed by atoms with Crippen molar-refractivity contribution in [1.29, 1.82) is 0 Å². The number of ether oxygens (including phenoxy) is 1. The second-order valence-corrected chi connectivity index (χ2v) is 7.34. The largest absolute Gasteiger partial charge is 0.481 e. The molecule has 0 saturated carbocycles. The van der Waals surface area contributed by atoms with Gasteiger partial charge in [0.15, 0.2) is 0 Å². The van der Waals surface area contributed by atoms with Gasteiger partial charge >= 0.3 is 11.9 Å². The number of hydrogen-bond acceptors (Lipinski definition) is 6. The lowest BCUT2D eigenvalue weighted by molar-refractivity contribution is -0.147. The molecule has 10 heteroatoms. The number of amides is 1. The molecule has 0 saturated heterocycles. The van der Waals surface area contributed by atoms with Crippen LogP contribution in [0.2, 0.25) is 0 Å². The van der Waals surface area contributed by atoms with Crippen LogP contribution in [-0.2, 0) is 25.5 Å². The Kier molecular flexibility index (Phi) is 12.2. The van der Waals surface area contributed by atoms with Crippen molar-refractivity contribution in [2.24, 2.45) is 5.73 Å². The van der Waals surface area contributed by atoms with Crippen LogP contribution in [-0.4, -0.2) is 66.5 Å². The topological polar surface area (TPSA) is 122 Å². The number of benzene rings is 1. The van der Waals surface area contributed by atoms with Crippen molar-refractivity contribution < 1.29 is 24.2 Å². The Labute approximate surface area is 186 Å². The molecule has 1 amide bonds. The summed E-state index contributed by atoms with van der Waals surface area (Å²) in [5.74, 6) is -1.28. The number of nitrogens with zero attached hydrogens (tertiary/aromatic N) is 1. The van der Waals surface area contributed by atoms with E-state index in [1.165, 1.54) is 0 Å². The molecule has 0 bridgehead atoms. The number of nitrogens with two attached hydrogens (primary N) is 1. The zero-order valence-electron chi connectivity index (χ0n) is 17.0. The van der Waals surface area contributed by atoms with E-state index in [4.69, 9.17) is 38.8 Å². The van der Waals surface area contributed by atoms with E-state index in [2.05, 4.69) is 10.2 Å². The molecule has 0 aromatic heterocycles. The van der Waals surface area contributed by atoms with E-state index >= 15 is 0 Å². The molecule has 0 spiro atoms. The molecular weight excluding hydrogens is 433 g/mol. The molecule has 4 N–H and O–H groups in total. The van der Waals surface area contributed by atoms with Crippen LogP contribution in [0.15, 0.2) is 24.3 Å². The third-order valence-corrected chi connectivity index (χ3v) is 4.68. The second-order valence-electron chi connectivity index (χ2n) is 6.59. The van der Waals surface area contributed by atoms with Crippen LogP contribution in [0, 0.1) is 0 Å². The van der Waals surface area contributed by atoms with Crippen LogP contribution in [0.1, 0.15) is 25.3 Å². The molecule has 1 aromatic rings. The number of carbonyl (C=O) groups excluding carboxylic acids is 2. The van der Waals surface area contributed by atoms with Gasteiger partial charge in [0.25, 0.3) is 0 Å². The maximum absolute atomic E-state index is 12.3. The molecule has 1 rings (SSSR count). The molecule has 2 atom stereocenters. The highest BCUT2D eigenvalue weighted by Gasteiger charge is 2.25. The fraction of sp³-hybridized carbons (Fsp3) is 0.550. The Hall–Kier alpha value is -2.03. The minimum atomic E-state index is -1.04. The smallest absolute Gasteiger partial charge is 0.328 e. The normalized spacial score (nSPS) is 12.7. The third kappa shape index (κ3) is 9.19. The Morgan fingerprint density at radius 3 is 2.27 bits per heavy atom. The van der Waals surface area contributed by atoms with Gasteiger partial charge in [-0.3, -0.25) is 9.59 Å². The zero-order valence-corrected chi connectivity index (χ0v) is 18.5. The van der Waals surface area contributed by atoms with Gasteiger partial charge in [-0.15, -0.1) is 23.2 Å². The van der Waals surface area contributed by atoms with Gasteiger partial charge in [-0.05, 0) is 31.0 Å². The van der Waals surface area contributed by atoms with Crippen molar-refractivity contribution in [3.05, 3.63) is 29.8 Å². The van der Waals surface area contributed by atoms with Gasteiger partial charge in [0.2, 0.25) is 5.91 Å². The monoisotopic (exact) mass is 461 g/mol. The number of carboxylic acid groups (broad SMARTS) is 1. The molecule has 8 nitrogen and oxygen atoms in total. The van der Waals surface area contributed by atoms with Crippen molar-refractivity contribution in [2.75, 3.05) is 36.4 Å².